The number of imidazole rings is 1. The molecule has 0 N–H and O–H groups in total. The average molecular weight is 690 g/mol. The number of halogens is 2. The Balaban J connectivity index is 0.000000194. The van der Waals surface area contributed by atoms with Gasteiger partial charge in [-0.3, -0.25) is 0 Å². The predicted octanol–water partition coefficient (Wildman–Crippen LogP) is 4.65. The van der Waals surface area contributed by atoms with Crippen molar-refractivity contribution in [3.8, 4) is 11.3 Å². The van der Waals surface area contributed by atoms with Crippen molar-refractivity contribution in [3.63, 3.8) is 0 Å². The van der Waals surface area contributed by atoms with Crippen LogP contribution in [0, 0.1) is 3.80 Å². The summed E-state index contributed by atoms with van der Waals surface area (Å²) < 4.78 is 7.80. The number of nitrogens with zero attached hydrogens (tertiary/aromatic N) is 3. The maximum Gasteiger partial charge on any atom is 0.0311 e. The molecular formula is C15H19I2N3Pt. The third-order valence-electron chi connectivity index (χ3n) is 3.62. The van der Waals surface area contributed by atoms with E-state index in [4.69, 9.17) is 0 Å². The monoisotopic (exact) mass is 690 g/mol. The molecule has 0 radical (unpaired) electrons. The van der Waals surface area contributed by atoms with Crippen molar-refractivity contribution in [1.82, 2.24) is 10.5 Å². The van der Waals surface area contributed by atoms with Gasteiger partial charge in [-0.2, -0.15) is 1.33 Å². The SMILES string of the molecule is Cn1cc(-c2ccccc2)n(C)[c]1=[Pt].IN(I)C1CCC1. The summed E-state index contributed by atoms with van der Waals surface area (Å²) in [5, 5.41) is 0. The van der Waals surface area contributed by atoms with Gasteiger partial charge in [0.2, 0.25) is 0 Å². The van der Waals surface area contributed by atoms with E-state index in [0.717, 1.165) is 6.04 Å². The Morgan fingerprint density at radius 3 is 2.10 bits per heavy atom. The molecule has 0 saturated heterocycles. The first-order valence-electron chi connectivity index (χ1n) is 6.84. The minimum atomic E-state index is 0.890. The summed E-state index contributed by atoms with van der Waals surface area (Å²) in [7, 11) is 4.15. The number of benzene rings is 1. The fourth-order valence-corrected chi connectivity index (χ4v) is 3.64. The third-order valence-corrected chi connectivity index (χ3v) is 6.76. The van der Waals surface area contributed by atoms with Crippen LogP contribution in [0.5, 0.6) is 0 Å². The number of rotatable bonds is 2. The topological polar surface area (TPSA) is 13.1 Å². The zero-order chi connectivity index (χ0) is 15.4. The molecule has 1 heterocycles. The van der Waals surface area contributed by atoms with Crippen LogP contribution in [-0.4, -0.2) is 16.5 Å². The van der Waals surface area contributed by atoms with E-state index in [-0.39, 0.29) is 0 Å². The van der Waals surface area contributed by atoms with E-state index >= 15 is 0 Å². The summed E-state index contributed by atoms with van der Waals surface area (Å²) in [6, 6.07) is 11.3. The van der Waals surface area contributed by atoms with Gasteiger partial charge in [-0.05, 0) is 12.8 Å². The van der Waals surface area contributed by atoms with Gasteiger partial charge in [0.05, 0.1) is 0 Å². The number of hydrogen-bond donors (Lipinski definition) is 0. The Bertz CT molecular complexity index is 630. The smallest absolute Gasteiger partial charge is 0.0311 e. The molecule has 6 heteroatoms. The number of aryl methyl sites for hydroxylation is 1. The first-order chi connectivity index (χ1) is 10.0. The molecule has 0 amide bonds. The Morgan fingerprint density at radius 1 is 1.14 bits per heavy atom. The van der Waals surface area contributed by atoms with Crippen molar-refractivity contribution in [2.45, 2.75) is 25.3 Å². The van der Waals surface area contributed by atoms with Crippen molar-refractivity contribution in [3.05, 3.63) is 40.3 Å². The molecule has 1 aliphatic carbocycles. The summed E-state index contributed by atoms with van der Waals surface area (Å²) in [6.45, 7) is 0. The second-order valence-corrected chi connectivity index (χ2v) is 10.1. The summed E-state index contributed by atoms with van der Waals surface area (Å²) in [4.78, 5) is 0. The Morgan fingerprint density at radius 2 is 1.76 bits per heavy atom. The molecule has 118 valence electrons. The Hall–Kier alpha value is 0.538. The van der Waals surface area contributed by atoms with E-state index in [0.29, 0.717) is 0 Å². The molecule has 0 unspecified atom stereocenters. The van der Waals surface area contributed by atoms with Gasteiger partial charge in [-0.1, -0.05) is 6.42 Å². The van der Waals surface area contributed by atoms with Gasteiger partial charge >= 0.3 is 94.2 Å². The summed E-state index contributed by atoms with van der Waals surface area (Å²) >= 11 is 7.01. The molecule has 0 spiro atoms. The zero-order valence-electron chi connectivity index (χ0n) is 12.1. The molecule has 21 heavy (non-hydrogen) atoms. The van der Waals surface area contributed by atoms with E-state index in [2.05, 4.69) is 120 Å². The molecular weight excluding hydrogens is 671 g/mol. The second kappa shape index (κ2) is 8.41. The van der Waals surface area contributed by atoms with E-state index < -0.39 is 0 Å². The Labute approximate surface area is 165 Å². The van der Waals surface area contributed by atoms with Crippen LogP contribution in [0.4, 0.5) is 0 Å². The maximum atomic E-state index is 2.34. The Kier molecular flexibility index (Phi) is 7.16. The summed E-state index contributed by atoms with van der Waals surface area (Å²) in [6.07, 6.45) is 6.41. The van der Waals surface area contributed by atoms with Crippen molar-refractivity contribution in [2.24, 2.45) is 14.1 Å². The van der Waals surface area contributed by atoms with Crippen molar-refractivity contribution in [2.75, 3.05) is 0 Å². The van der Waals surface area contributed by atoms with Crippen LogP contribution in [0.3, 0.4) is 0 Å². The summed E-state index contributed by atoms with van der Waals surface area (Å²) in [5.41, 5.74) is 2.51. The van der Waals surface area contributed by atoms with Crippen molar-refractivity contribution in [1.29, 1.82) is 0 Å². The molecule has 1 saturated carbocycles. The van der Waals surface area contributed by atoms with Gasteiger partial charge in [0.1, 0.15) is 0 Å². The van der Waals surface area contributed by atoms with Crippen molar-refractivity contribution < 1.29 is 19.4 Å². The van der Waals surface area contributed by atoms with E-state index in [1.54, 1.807) is 0 Å². The van der Waals surface area contributed by atoms with Crippen LogP contribution in [0.1, 0.15) is 19.3 Å². The van der Waals surface area contributed by atoms with Gasteiger partial charge in [0.15, 0.2) is 0 Å². The average Bonchev–Trinajstić information content (AvgIpc) is 2.66. The molecule has 1 aliphatic rings. The predicted molar refractivity (Wildman–Crippen MR) is 101 cm³/mol. The zero-order valence-corrected chi connectivity index (χ0v) is 18.7. The second-order valence-electron chi connectivity index (χ2n) is 5.14. The fourth-order valence-electron chi connectivity index (χ4n) is 2.11. The fraction of sp³-hybridized carbons (Fsp3) is 0.400. The van der Waals surface area contributed by atoms with Gasteiger partial charge in [0, 0.05) is 51.8 Å². The molecule has 1 fully saturated rings. The molecule has 1 aromatic heterocycles. The van der Waals surface area contributed by atoms with Gasteiger partial charge < -0.3 is 0 Å². The van der Waals surface area contributed by atoms with Crippen LogP contribution in [0.15, 0.2) is 36.5 Å². The van der Waals surface area contributed by atoms with Gasteiger partial charge in [-0.15, -0.1) is 0 Å². The van der Waals surface area contributed by atoms with E-state index in [9.17, 15) is 0 Å². The third kappa shape index (κ3) is 4.75. The van der Waals surface area contributed by atoms with Gasteiger partial charge in [-0.25, -0.2) is 0 Å². The molecule has 0 bridgehead atoms. The normalized spacial score (nSPS) is 14.6. The van der Waals surface area contributed by atoms with Crippen LogP contribution in [0.2, 0.25) is 0 Å². The van der Waals surface area contributed by atoms with Crippen LogP contribution >= 0.6 is 45.7 Å². The molecule has 3 rings (SSSR count). The van der Waals surface area contributed by atoms with Crippen LogP contribution in [0.25, 0.3) is 11.3 Å². The number of aromatic nitrogens is 2. The minimum Gasteiger partial charge on any atom is -0.185 e. The molecule has 0 atom stereocenters. The summed E-state index contributed by atoms with van der Waals surface area (Å²) in [5.74, 6) is 0. The standard InChI is InChI=1S/C11H12N2.C4H7I2N.Pt/c1-12-8-11(13(2)9-12)10-6-4-3-5-7-10;5-7(6)4-2-1-3-4;/h3-8H,1-2H3;4H,1-3H2;. The quantitative estimate of drug-likeness (QED) is 0.331. The first-order valence-corrected chi connectivity index (χ1v) is 9.91. The van der Waals surface area contributed by atoms with Crippen LogP contribution < -0.4 is 0 Å². The minimum absolute atomic E-state index is 0.890. The molecule has 0 aliphatic heterocycles. The van der Waals surface area contributed by atoms with Crippen molar-refractivity contribution >= 4 is 45.7 Å². The molecule has 1 aromatic carbocycles. The largest absolute Gasteiger partial charge is 0.185 e. The molecule has 2 aromatic rings. The first kappa shape index (κ1) is 17.9. The van der Waals surface area contributed by atoms with Gasteiger partial charge in [0.25, 0.3) is 0 Å². The maximum absolute atomic E-state index is 2.34. The van der Waals surface area contributed by atoms with E-state index in [1.165, 1.54) is 34.3 Å². The molecule has 3 nitrogen and oxygen atoms in total. The van der Waals surface area contributed by atoms with E-state index in [1.807, 2.05) is 6.07 Å². The number of hydrogen-bond acceptors (Lipinski definition) is 1. The van der Waals surface area contributed by atoms with Crippen LogP contribution in [-0.2, 0) is 33.4 Å².